The fourth-order valence-electron chi connectivity index (χ4n) is 2.62. The molecule has 0 spiro atoms. The van der Waals surface area contributed by atoms with Gasteiger partial charge in [0.1, 0.15) is 5.82 Å². The Kier molecular flexibility index (Phi) is 5.12. The molecule has 0 bridgehead atoms. The van der Waals surface area contributed by atoms with Crippen LogP contribution in [0.25, 0.3) is 11.4 Å². The van der Waals surface area contributed by atoms with Crippen molar-refractivity contribution in [2.24, 2.45) is 0 Å². The SMILES string of the molecule is COC(=O)c1ccc(-c2nc(C(=O)OC)cn2Cc2ccccc2)cc1. The van der Waals surface area contributed by atoms with E-state index in [9.17, 15) is 9.59 Å². The molecular weight excluding hydrogens is 332 g/mol. The molecule has 0 unspecified atom stereocenters. The van der Waals surface area contributed by atoms with Gasteiger partial charge in [-0.3, -0.25) is 0 Å². The fraction of sp³-hybridized carbons (Fsp3) is 0.150. The Morgan fingerprint density at radius 2 is 1.58 bits per heavy atom. The van der Waals surface area contributed by atoms with Crippen LogP contribution < -0.4 is 0 Å². The van der Waals surface area contributed by atoms with E-state index in [2.05, 4.69) is 4.98 Å². The molecule has 0 aliphatic heterocycles. The molecule has 3 rings (SSSR count). The van der Waals surface area contributed by atoms with E-state index >= 15 is 0 Å². The van der Waals surface area contributed by atoms with Crippen molar-refractivity contribution in [2.75, 3.05) is 14.2 Å². The number of methoxy groups -OCH3 is 2. The van der Waals surface area contributed by atoms with E-state index in [0.717, 1.165) is 11.1 Å². The number of benzene rings is 2. The Bertz CT molecular complexity index is 915. The number of esters is 2. The Labute approximate surface area is 151 Å². The minimum atomic E-state index is -0.496. The molecule has 0 N–H and O–H groups in total. The monoisotopic (exact) mass is 350 g/mol. The first-order valence-electron chi connectivity index (χ1n) is 8.00. The summed E-state index contributed by atoms with van der Waals surface area (Å²) in [5.74, 6) is -0.283. The molecule has 0 saturated heterocycles. The average molecular weight is 350 g/mol. The second kappa shape index (κ2) is 7.65. The van der Waals surface area contributed by atoms with Crippen molar-refractivity contribution < 1.29 is 19.1 Å². The van der Waals surface area contributed by atoms with Gasteiger partial charge in [0.05, 0.1) is 19.8 Å². The Morgan fingerprint density at radius 1 is 0.923 bits per heavy atom. The molecule has 0 aliphatic carbocycles. The van der Waals surface area contributed by atoms with Gasteiger partial charge in [-0.1, -0.05) is 42.5 Å². The van der Waals surface area contributed by atoms with Gasteiger partial charge in [0, 0.05) is 18.3 Å². The highest BCUT2D eigenvalue weighted by Crippen LogP contribution is 2.22. The van der Waals surface area contributed by atoms with Crippen LogP contribution in [0.2, 0.25) is 0 Å². The van der Waals surface area contributed by atoms with E-state index in [4.69, 9.17) is 9.47 Å². The number of carbonyl (C=O) groups is 2. The third-order valence-corrected chi connectivity index (χ3v) is 3.93. The van der Waals surface area contributed by atoms with Crippen LogP contribution in [-0.2, 0) is 16.0 Å². The van der Waals surface area contributed by atoms with Crippen molar-refractivity contribution in [1.82, 2.24) is 9.55 Å². The number of carbonyl (C=O) groups excluding carboxylic acids is 2. The number of rotatable bonds is 5. The zero-order valence-corrected chi connectivity index (χ0v) is 14.5. The van der Waals surface area contributed by atoms with Crippen LogP contribution in [0.4, 0.5) is 0 Å². The van der Waals surface area contributed by atoms with Gasteiger partial charge in [-0.05, 0) is 17.7 Å². The molecule has 0 amide bonds. The maximum absolute atomic E-state index is 11.9. The van der Waals surface area contributed by atoms with Crippen molar-refractivity contribution >= 4 is 11.9 Å². The van der Waals surface area contributed by atoms with E-state index in [1.54, 1.807) is 30.5 Å². The zero-order valence-electron chi connectivity index (χ0n) is 14.5. The topological polar surface area (TPSA) is 70.4 Å². The van der Waals surface area contributed by atoms with Gasteiger partial charge >= 0.3 is 11.9 Å². The molecule has 0 radical (unpaired) electrons. The van der Waals surface area contributed by atoms with Crippen LogP contribution in [-0.4, -0.2) is 35.7 Å². The summed E-state index contributed by atoms with van der Waals surface area (Å²) in [5, 5.41) is 0. The maximum Gasteiger partial charge on any atom is 0.358 e. The average Bonchev–Trinajstić information content (AvgIpc) is 3.11. The summed E-state index contributed by atoms with van der Waals surface area (Å²) in [4.78, 5) is 27.9. The smallest absolute Gasteiger partial charge is 0.358 e. The van der Waals surface area contributed by atoms with Gasteiger partial charge in [-0.25, -0.2) is 14.6 Å². The minimum absolute atomic E-state index is 0.232. The van der Waals surface area contributed by atoms with Gasteiger partial charge in [-0.2, -0.15) is 0 Å². The van der Waals surface area contributed by atoms with Crippen LogP contribution in [0.15, 0.2) is 60.8 Å². The normalized spacial score (nSPS) is 10.4. The lowest BCUT2D eigenvalue weighted by Gasteiger charge is -2.08. The van der Waals surface area contributed by atoms with Crippen molar-refractivity contribution in [2.45, 2.75) is 6.54 Å². The largest absolute Gasteiger partial charge is 0.465 e. The standard InChI is InChI=1S/C20H18N2O4/c1-25-19(23)16-10-8-15(9-11-16)18-21-17(20(24)26-2)13-22(18)12-14-6-4-3-5-7-14/h3-11,13H,12H2,1-2H3. The summed E-state index contributed by atoms with van der Waals surface area (Å²) < 4.78 is 11.4. The number of ether oxygens (including phenoxy) is 2. The highest BCUT2D eigenvalue weighted by molar-refractivity contribution is 5.90. The van der Waals surface area contributed by atoms with E-state index < -0.39 is 11.9 Å². The lowest BCUT2D eigenvalue weighted by Crippen LogP contribution is -2.02. The molecule has 1 heterocycles. The van der Waals surface area contributed by atoms with Crippen LogP contribution in [0, 0.1) is 0 Å². The quantitative estimate of drug-likeness (QED) is 0.661. The number of imidazole rings is 1. The van der Waals surface area contributed by atoms with Crippen LogP contribution in [0.3, 0.4) is 0 Å². The van der Waals surface area contributed by atoms with Gasteiger partial charge in [-0.15, -0.1) is 0 Å². The van der Waals surface area contributed by atoms with Crippen LogP contribution in [0.5, 0.6) is 0 Å². The number of nitrogens with zero attached hydrogens (tertiary/aromatic N) is 2. The molecule has 26 heavy (non-hydrogen) atoms. The Hall–Kier alpha value is -3.41. The van der Waals surface area contributed by atoms with Gasteiger partial charge in [0.15, 0.2) is 5.69 Å². The molecule has 6 heteroatoms. The van der Waals surface area contributed by atoms with Gasteiger partial charge < -0.3 is 14.0 Å². The molecule has 1 aromatic heterocycles. The third kappa shape index (κ3) is 3.64. The molecule has 132 valence electrons. The molecule has 6 nitrogen and oxygen atoms in total. The molecular formula is C20H18N2O4. The summed E-state index contributed by atoms with van der Waals surface area (Å²) >= 11 is 0. The van der Waals surface area contributed by atoms with Crippen molar-refractivity contribution in [3.05, 3.63) is 77.6 Å². The van der Waals surface area contributed by atoms with Crippen LogP contribution in [0.1, 0.15) is 26.4 Å². The van der Waals surface area contributed by atoms with Crippen molar-refractivity contribution in [3.8, 4) is 11.4 Å². The van der Waals surface area contributed by atoms with E-state index in [1.807, 2.05) is 34.9 Å². The first-order valence-corrected chi connectivity index (χ1v) is 8.00. The summed E-state index contributed by atoms with van der Waals surface area (Å²) in [7, 11) is 2.66. The van der Waals surface area contributed by atoms with Gasteiger partial charge in [0.25, 0.3) is 0 Å². The Balaban J connectivity index is 2.00. The summed E-state index contributed by atoms with van der Waals surface area (Å²) in [5.41, 5.74) is 2.54. The van der Waals surface area contributed by atoms with E-state index in [1.165, 1.54) is 14.2 Å². The van der Waals surface area contributed by atoms with Crippen molar-refractivity contribution in [1.29, 1.82) is 0 Å². The fourth-order valence-corrected chi connectivity index (χ4v) is 2.62. The molecule has 0 atom stereocenters. The van der Waals surface area contributed by atoms with Gasteiger partial charge in [0.2, 0.25) is 0 Å². The second-order valence-electron chi connectivity index (χ2n) is 5.62. The number of hydrogen-bond donors (Lipinski definition) is 0. The lowest BCUT2D eigenvalue weighted by molar-refractivity contribution is 0.0588. The predicted molar refractivity (Wildman–Crippen MR) is 95.9 cm³/mol. The highest BCUT2D eigenvalue weighted by atomic mass is 16.5. The van der Waals surface area contributed by atoms with E-state index in [-0.39, 0.29) is 5.69 Å². The first-order chi connectivity index (χ1) is 12.6. The second-order valence-corrected chi connectivity index (χ2v) is 5.62. The molecule has 0 aliphatic rings. The molecule has 3 aromatic rings. The zero-order chi connectivity index (χ0) is 18.5. The summed E-state index contributed by atoms with van der Waals surface area (Å²) in [6.45, 7) is 0.554. The van der Waals surface area contributed by atoms with Crippen LogP contribution >= 0.6 is 0 Å². The maximum atomic E-state index is 11.9. The minimum Gasteiger partial charge on any atom is -0.465 e. The highest BCUT2D eigenvalue weighted by Gasteiger charge is 2.17. The number of aromatic nitrogens is 2. The summed E-state index contributed by atoms with van der Waals surface area (Å²) in [6, 6.07) is 16.7. The summed E-state index contributed by atoms with van der Waals surface area (Å²) in [6.07, 6.45) is 1.67. The predicted octanol–water partition coefficient (Wildman–Crippen LogP) is 3.17. The first kappa shape index (κ1) is 17.4. The van der Waals surface area contributed by atoms with Crippen molar-refractivity contribution in [3.63, 3.8) is 0 Å². The lowest BCUT2D eigenvalue weighted by atomic mass is 10.1. The molecule has 0 fully saturated rings. The molecule has 2 aromatic carbocycles. The van der Waals surface area contributed by atoms with E-state index in [0.29, 0.717) is 17.9 Å². The third-order valence-electron chi connectivity index (χ3n) is 3.93. The number of hydrogen-bond acceptors (Lipinski definition) is 5. The molecule has 0 saturated carbocycles. The Morgan fingerprint density at radius 3 is 2.19 bits per heavy atom.